The van der Waals surface area contributed by atoms with Crippen LogP contribution in [0.1, 0.15) is 24.5 Å². The number of amides is 2. The fourth-order valence-corrected chi connectivity index (χ4v) is 3.77. The second-order valence-corrected chi connectivity index (χ2v) is 8.72. The fraction of sp³-hybridized carbons (Fsp3) is 0.192. The molecule has 3 aromatic rings. The van der Waals surface area contributed by atoms with E-state index in [1.165, 1.54) is 13.3 Å². The Morgan fingerprint density at radius 2 is 1.83 bits per heavy atom. The summed E-state index contributed by atoms with van der Waals surface area (Å²) in [6.45, 7) is 2.63. The van der Waals surface area contributed by atoms with E-state index < -0.39 is 11.8 Å². The van der Waals surface area contributed by atoms with E-state index in [0.717, 1.165) is 5.56 Å². The number of hydrazone groups is 1. The lowest BCUT2D eigenvalue weighted by atomic mass is 10.2. The van der Waals surface area contributed by atoms with Crippen molar-refractivity contribution in [2.24, 2.45) is 5.10 Å². The minimum atomic E-state index is -0.557. The first-order chi connectivity index (χ1) is 17.4. The van der Waals surface area contributed by atoms with Crippen LogP contribution in [0.15, 0.2) is 70.2 Å². The molecule has 0 heterocycles. The van der Waals surface area contributed by atoms with Gasteiger partial charge in [-0.3, -0.25) is 9.59 Å². The van der Waals surface area contributed by atoms with E-state index in [2.05, 4.69) is 31.8 Å². The Kier molecular flexibility index (Phi) is 10.1. The molecular weight excluding hydrogens is 550 g/mol. The lowest BCUT2D eigenvalue weighted by molar-refractivity contribution is -0.126. The molecule has 0 radical (unpaired) electrons. The Bertz CT molecular complexity index is 1230. The number of hydrogen-bond acceptors (Lipinski definition) is 6. The minimum absolute atomic E-state index is 0.331. The summed E-state index contributed by atoms with van der Waals surface area (Å²) in [5.74, 6) is 0.632. The lowest BCUT2D eigenvalue weighted by Crippen LogP contribution is -2.24. The Morgan fingerprint density at radius 3 is 2.56 bits per heavy atom. The molecule has 0 fully saturated rings. The molecule has 0 aliphatic heterocycles. The smallest absolute Gasteiger partial charge is 0.249 e. The molecule has 0 aromatic heterocycles. The number of nitrogens with zero attached hydrogens (tertiary/aromatic N) is 1. The van der Waals surface area contributed by atoms with Crippen molar-refractivity contribution < 1.29 is 23.8 Å². The van der Waals surface area contributed by atoms with Gasteiger partial charge in [-0.05, 0) is 70.4 Å². The molecule has 0 saturated heterocycles. The van der Waals surface area contributed by atoms with Gasteiger partial charge in [0.2, 0.25) is 11.8 Å². The quantitative estimate of drug-likeness (QED) is 0.177. The van der Waals surface area contributed by atoms with E-state index in [1.54, 1.807) is 48.5 Å². The molecule has 0 atom stereocenters. The van der Waals surface area contributed by atoms with Gasteiger partial charge in [0.1, 0.15) is 18.8 Å². The van der Waals surface area contributed by atoms with Gasteiger partial charge in [0.05, 0.1) is 24.4 Å². The van der Waals surface area contributed by atoms with Crippen molar-refractivity contribution in [1.29, 1.82) is 0 Å². The van der Waals surface area contributed by atoms with Crippen molar-refractivity contribution in [2.45, 2.75) is 20.0 Å². The average Bonchev–Trinajstić information content (AvgIpc) is 2.85. The molecule has 0 aliphatic rings. The number of rotatable bonds is 11. The Labute approximate surface area is 222 Å². The van der Waals surface area contributed by atoms with Crippen molar-refractivity contribution in [3.05, 3.63) is 81.3 Å². The number of benzene rings is 3. The highest BCUT2D eigenvalue weighted by Gasteiger charge is 2.13. The first-order valence-electron chi connectivity index (χ1n) is 11.0. The predicted octanol–water partition coefficient (Wildman–Crippen LogP) is 5.57. The van der Waals surface area contributed by atoms with Gasteiger partial charge >= 0.3 is 0 Å². The van der Waals surface area contributed by atoms with Crippen LogP contribution in [0.3, 0.4) is 0 Å². The molecule has 0 spiro atoms. The summed E-state index contributed by atoms with van der Waals surface area (Å²) in [6.07, 6.45) is 1.06. The number of hydrogen-bond donors (Lipinski definition) is 2. The van der Waals surface area contributed by atoms with Crippen molar-refractivity contribution in [2.75, 3.05) is 19.0 Å². The molecule has 0 saturated carbocycles. The first-order valence-corrected chi connectivity index (χ1v) is 12.1. The van der Waals surface area contributed by atoms with E-state index in [9.17, 15) is 9.59 Å². The van der Waals surface area contributed by atoms with Crippen LogP contribution >= 0.6 is 27.5 Å². The second-order valence-electron chi connectivity index (χ2n) is 7.43. The number of nitrogens with one attached hydrogen (secondary N) is 2. The number of methoxy groups -OCH3 is 1. The molecule has 36 heavy (non-hydrogen) atoms. The third-order valence-electron chi connectivity index (χ3n) is 4.71. The molecule has 10 heteroatoms. The van der Waals surface area contributed by atoms with Crippen LogP contribution in [-0.2, 0) is 16.2 Å². The van der Waals surface area contributed by atoms with E-state index in [-0.39, 0.29) is 6.42 Å². The molecular formula is C26H25BrClN3O5. The molecule has 2 amide bonds. The Balaban J connectivity index is 1.58. The molecule has 0 aliphatic carbocycles. The van der Waals surface area contributed by atoms with Crippen LogP contribution in [0, 0.1) is 0 Å². The van der Waals surface area contributed by atoms with Crippen molar-refractivity contribution >= 4 is 51.2 Å². The van der Waals surface area contributed by atoms with Gasteiger partial charge < -0.3 is 19.5 Å². The Morgan fingerprint density at radius 1 is 1.06 bits per heavy atom. The topological polar surface area (TPSA) is 98.2 Å². The zero-order valence-electron chi connectivity index (χ0n) is 19.7. The standard InChI is InChI=1S/C26H25BrClN3O5/c1-3-35-23-12-18(11-22(27)26(23)36-16-17-7-9-19(28)10-8-17)15-29-31-25(33)14-24(32)30-20-5-4-6-21(13-20)34-2/h4-13,15H,3,14,16H2,1-2H3,(H,30,32)(H,31,33). The normalized spacial score (nSPS) is 10.7. The molecule has 3 aromatic carbocycles. The monoisotopic (exact) mass is 573 g/mol. The zero-order valence-corrected chi connectivity index (χ0v) is 22.1. The van der Waals surface area contributed by atoms with E-state index in [1.807, 2.05) is 19.1 Å². The summed E-state index contributed by atoms with van der Waals surface area (Å²) in [5, 5.41) is 7.25. The third-order valence-corrected chi connectivity index (χ3v) is 5.55. The molecule has 8 nitrogen and oxygen atoms in total. The second kappa shape index (κ2) is 13.5. The van der Waals surface area contributed by atoms with Crippen molar-refractivity contribution in [3.63, 3.8) is 0 Å². The lowest BCUT2D eigenvalue weighted by Gasteiger charge is -2.14. The maximum Gasteiger partial charge on any atom is 0.249 e. The summed E-state index contributed by atoms with van der Waals surface area (Å²) in [7, 11) is 1.53. The number of carbonyl (C=O) groups is 2. The predicted molar refractivity (Wildman–Crippen MR) is 143 cm³/mol. The molecule has 2 N–H and O–H groups in total. The van der Waals surface area contributed by atoms with Crippen molar-refractivity contribution in [1.82, 2.24) is 5.43 Å². The summed E-state index contributed by atoms with van der Waals surface area (Å²) < 4.78 is 17.5. The average molecular weight is 575 g/mol. The van der Waals surface area contributed by atoms with Crippen LogP contribution in [0.5, 0.6) is 17.2 Å². The Hall–Kier alpha value is -3.56. The maximum absolute atomic E-state index is 12.1. The summed E-state index contributed by atoms with van der Waals surface area (Å²) in [6, 6.07) is 17.8. The van der Waals surface area contributed by atoms with Crippen LogP contribution < -0.4 is 25.0 Å². The third kappa shape index (κ3) is 8.28. The van der Waals surface area contributed by atoms with E-state index in [0.29, 0.717) is 51.2 Å². The van der Waals surface area contributed by atoms with Crippen LogP contribution in [0.4, 0.5) is 5.69 Å². The van der Waals surface area contributed by atoms with Gasteiger partial charge in [-0.2, -0.15) is 5.10 Å². The van der Waals surface area contributed by atoms with Gasteiger partial charge in [0.15, 0.2) is 11.5 Å². The SMILES string of the molecule is CCOc1cc(C=NNC(=O)CC(=O)Nc2cccc(OC)c2)cc(Br)c1OCc1ccc(Cl)cc1. The van der Waals surface area contributed by atoms with Crippen LogP contribution in [0.25, 0.3) is 0 Å². The van der Waals surface area contributed by atoms with Gasteiger partial charge in [0.25, 0.3) is 0 Å². The van der Waals surface area contributed by atoms with Crippen molar-refractivity contribution in [3.8, 4) is 17.2 Å². The van der Waals surface area contributed by atoms with E-state index in [4.69, 9.17) is 25.8 Å². The molecule has 0 unspecified atom stereocenters. The number of ether oxygens (including phenoxy) is 3. The largest absolute Gasteiger partial charge is 0.497 e. The maximum atomic E-state index is 12.1. The molecule has 0 bridgehead atoms. The first kappa shape index (κ1) is 27.0. The highest BCUT2D eigenvalue weighted by molar-refractivity contribution is 9.10. The van der Waals surface area contributed by atoms with Crippen LogP contribution in [-0.4, -0.2) is 31.7 Å². The van der Waals surface area contributed by atoms with Gasteiger partial charge in [-0.1, -0.05) is 29.8 Å². The number of halogens is 2. The number of anilines is 1. The van der Waals surface area contributed by atoms with Crippen LogP contribution in [0.2, 0.25) is 5.02 Å². The minimum Gasteiger partial charge on any atom is -0.497 e. The zero-order chi connectivity index (χ0) is 25.9. The van der Waals surface area contributed by atoms with E-state index >= 15 is 0 Å². The number of carbonyl (C=O) groups excluding carboxylic acids is 2. The highest BCUT2D eigenvalue weighted by atomic mass is 79.9. The molecule has 3 rings (SSSR count). The summed E-state index contributed by atoms with van der Waals surface area (Å²) in [4.78, 5) is 24.2. The molecule has 188 valence electrons. The van der Waals surface area contributed by atoms with Gasteiger partial charge in [-0.25, -0.2) is 5.43 Å². The fourth-order valence-electron chi connectivity index (χ4n) is 3.07. The highest BCUT2D eigenvalue weighted by Crippen LogP contribution is 2.37. The summed E-state index contributed by atoms with van der Waals surface area (Å²) >= 11 is 9.45. The van der Waals surface area contributed by atoms with Gasteiger partial charge in [-0.15, -0.1) is 0 Å². The summed E-state index contributed by atoms with van der Waals surface area (Å²) in [5.41, 5.74) is 4.50. The van der Waals surface area contributed by atoms with Gasteiger partial charge in [0, 0.05) is 16.8 Å².